The topological polar surface area (TPSA) is 53.2 Å². The molecule has 1 N–H and O–H groups in total. The van der Waals surface area contributed by atoms with Gasteiger partial charge in [-0.1, -0.05) is 24.3 Å². The standard InChI is InChI=1S/C22H26N2O2S/c1-24-12-5-6-19(24)15-18-16-23-22-10-9-17(14-21(18)22)11-13-27(25,26)20-7-3-2-4-8-20/h2-4,7-10,14,16,19,23H,5-6,11-13,15H2,1H3. The van der Waals surface area contributed by atoms with Gasteiger partial charge in [-0.25, -0.2) is 8.42 Å². The molecule has 0 radical (unpaired) electrons. The van der Waals surface area contributed by atoms with Gasteiger partial charge in [-0.3, -0.25) is 0 Å². The third-order valence-corrected chi connectivity index (χ3v) is 7.45. The number of hydrogen-bond donors (Lipinski definition) is 1. The average Bonchev–Trinajstić information content (AvgIpc) is 3.27. The number of fused-ring (bicyclic) bond motifs is 1. The van der Waals surface area contributed by atoms with Crippen LogP contribution in [-0.2, 0) is 22.7 Å². The van der Waals surface area contributed by atoms with E-state index in [9.17, 15) is 8.42 Å². The molecular weight excluding hydrogens is 356 g/mol. The molecule has 1 aliphatic rings. The van der Waals surface area contributed by atoms with Crippen LogP contribution in [0.2, 0.25) is 0 Å². The van der Waals surface area contributed by atoms with E-state index < -0.39 is 9.84 Å². The monoisotopic (exact) mass is 382 g/mol. The second-order valence-corrected chi connectivity index (χ2v) is 9.67. The zero-order chi connectivity index (χ0) is 18.9. The maximum absolute atomic E-state index is 12.5. The predicted molar refractivity (Wildman–Crippen MR) is 110 cm³/mol. The van der Waals surface area contributed by atoms with Crippen LogP contribution in [0.1, 0.15) is 24.0 Å². The maximum Gasteiger partial charge on any atom is 0.178 e. The highest BCUT2D eigenvalue weighted by molar-refractivity contribution is 7.91. The van der Waals surface area contributed by atoms with Crippen molar-refractivity contribution in [1.82, 2.24) is 9.88 Å². The van der Waals surface area contributed by atoms with Crippen LogP contribution in [0.15, 0.2) is 59.6 Å². The highest BCUT2D eigenvalue weighted by atomic mass is 32.2. The van der Waals surface area contributed by atoms with E-state index in [2.05, 4.69) is 35.3 Å². The normalized spacial score (nSPS) is 18.3. The van der Waals surface area contributed by atoms with Crippen molar-refractivity contribution >= 4 is 20.7 Å². The summed E-state index contributed by atoms with van der Waals surface area (Å²) in [6.07, 6.45) is 6.20. The highest BCUT2D eigenvalue weighted by Crippen LogP contribution is 2.26. The third kappa shape index (κ3) is 3.94. The molecule has 0 amide bonds. The Balaban J connectivity index is 1.52. The Morgan fingerprint density at radius 3 is 2.70 bits per heavy atom. The minimum Gasteiger partial charge on any atom is -0.361 e. The number of aromatic nitrogens is 1. The second-order valence-electron chi connectivity index (χ2n) is 7.56. The van der Waals surface area contributed by atoms with Gasteiger partial charge in [0, 0.05) is 23.1 Å². The number of likely N-dealkylation sites (N-methyl/N-ethyl adjacent to an activating group) is 1. The maximum atomic E-state index is 12.5. The van der Waals surface area contributed by atoms with Crippen LogP contribution in [0, 0.1) is 0 Å². The minimum absolute atomic E-state index is 0.133. The van der Waals surface area contributed by atoms with E-state index in [1.807, 2.05) is 12.1 Å². The highest BCUT2D eigenvalue weighted by Gasteiger charge is 2.22. The molecule has 1 aromatic heterocycles. The zero-order valence-electron chi connectivity index (χ0n) is 15.7. The molecule has 4 rings (SSSR count). The Morgan fingerprint density at radius 1 is 1.15 bits per heavy atom. The largest absolute Gasteiger partial charge is 0.361 e. The number of nitrogens with one attached hydrogen (secondary N) is 1. The lowest BCUT2D eigenvalue weighted by Crippen LogP contribution is -2.26. The number of aryl methyl sites for hydroxylation is 1. The van der Waals surface area contributed by atoms with Crippen LogP contribution in [-0.4, -0.2) is 43.7 Å². The van der Waals surface area contributed by atoms with Crippen molar-refractivity contribution in [2.45, 2.75) is 36.6 Å². The number of H-pyrrole nitrogens is 1. The fourth-order valence-corrected chi connectivity index (χ4v) is 5.35. The number of benzene rings is 2. The summed E-state index contributed by atoms with van der Waals surface area (Å²) in [4.78, 5) is 6.21. The van der Waals surface area contributed by atoms with Crippen molar-refractivity contribution in [2.24, 2.45) is 0 Å². The molecule has 1 saturated heterocycles. The van der Waals surface area contributed by atoms with Crippen LogP contribution >= 0.6 is 0 Å². The first-order valence-corrected chi connectivity index (χ1v) is 11.2. The molecule has 0 bridgehead atoms. The molecule has 142 valence electrons. The first-order chi connectivity index (χ1) is 13.0. The molecule has 0 spiro atoms. The van der Waals surface area contributed by atoms with Gasteiger partial charge >= 0.3 is 0 Å². The van der Waals surface area contributed by atoms with Crippen molar-refractivity contribution in [1.29, 1.82) is 0 Å². The van der Waals surface area contributed by atoms with Gasteiger partial charge in [0.05, 0.1) is 10.6 Å². The third-order valence-electron chi connectivity index (χ3n) is 5.72. The summed E-state index contributed by atoms with van der Waals surface area (Å²) in [5.74, 6) is 0.133. The second kappa shape index (κ2) is 7.49. The summed E-state index contributed by atoms with van der Waals surface area (Å²) in [6, 6.07) is 15.6. The van der Waals surface area contributed by atoms with E-state index in [1.165, 1.54) is 30.3 Å². The molecule has 5 heteroatoms. The van der Waals surface area contributed by atoms with Crippen LogP contribution in [0.25, 0.3) is 10.9 Å². The smallest absolute Gasteiger partial charge is 0.178 e. The van der Waals surface area contributed by atoms with Crippen molar-refractivity contribution in [2.75, 3.05) is 19.3 Å². The molecule has 4 nitrogen and oxygen atoms in total. The molecular formula is C22H26N2O2S. The van der Waals surface area contributed by atoms with Crippen LogP contribution in [0.5, 0.6) is 0 Å². The molecule has 2 aromatic carbocycles. The van der Waals surface area contributed by atoms with Crippen molar-refractivity contribution in [3.8, 4) is 0 Å². The van der Waals surface area contributed by atoms with Gasteiger partial charge in [-0.2, -0.15) is 0 Å². The van der Waals surface area contributed by atoms with Gasteiger partial charge in [0.1, 0.15) is 0 Å². The van der Waals surface area contributed by atoms with Crippen molar-refractivity contribution in [3.63, 3.8) is 0 Å². The SMILES string of the molecule is CN1CCCC1Cc1c[nH]c2ccc(CCS(=O)(=O)c3ccccc3)cc12. The summed E-state index contributed by atoms with van der Waals surface area (Å²) in [5.41, 5.74) is 3.53. The van der Waals surface area contributed by atoms with Crippen LogP contribution < -0.4 is 0 Å². The van der Waals surface area contributed by atoms with Gasteiger partial charge in [0.2, 0.25) is 0 Å². The summed E-state index contributed by atoms with van der Waals surface area (Å²) in [5, 5.41) is 1.23. The summed E-state index contributed by atoms with van der Waals surface area (Å²) in [6.45, 7) is 1.18. The van der Waals surface area contributed by atoms with Gasteiger partial charge in [0.25, 0.3) is 0 Å². The summed E-state index contributed by atoms with van der Waals surface area (Å²) in [7, 11) is -1.05. The molecule has 27 heavy (non-hydrogen) atoms. The average molecular weight is 383 g/mol. The summed E-state index contributed by atoms with van der Waals surface area (Å²) >= 11 is 0. The number of rotatable bonds is 6. The van der Waals surface area contributed by atoms with E-state index in [0.717, 1.165) is 17.5 Å². The molecule has 1 unspecified atom stereocenters. The van der Waals surface area contributed by atoms with Crippen LogP contribution in [0.3, 0.4) is 0 Å². The van der Waals surface area contributed by atoms with Gasteiger partial charge in [-0.05, 0) is 74.7 Å². The minimum atomic E-state index is -3.25. The lowest BCUT2D eigenvalue weighted by Gasteiger charge is -2.18. The zero-order valence-corrected chi connectivity index (χ0v) is 16.5. The molecule has 2 heterocycles. The van der Waals surface area contributed by atoms with Gasteiger partial charge in [-0.15, -0.1) is 0 Å². The number of nitrogens with zero attached hydrogens (tertiary/aromatic N) is 1. The Morgan fingerprint density at radius 2 is 1.96 bits per heavy atom. The van der Waals surface area contributed by atoms with Crippen molar-refractivity contribution in [3.05, 3.63) is 65.9 Å². The summed E-state index contributed by atoms with van der Waals surface area (Å²) < 4.78 is 25.1. The molecule has 0 saturated carbocycles. The number of aromatic amines is 1. The molecule has 1 fully saturated rings. The van der Waals surface area contributed by atoms with Crippen LogP contribution in [0.4, 0.5) is 0 Å². The molecule has 0 aliphatic carbocycles. The Bertz CT molecular complexity index is 1020. The quantitative estimate of drug-likeness (QED) is 0.705. The predicted octanol–water partition coefficient (Wildman–Crippen LogP) is 3.82. The number of sulfone groups is 1. The lowest BCUT2D eigenvalue weighted by atomic mass is 10.0. The molecule has 1 aliphatic heterocycles. The van der Waals surface area contributed by atoms with E-state index in [-0.39, 0.29) is 5.75 Å². The van der Waals surface area contributed by atoms with E-state index >= 15 is 0 Å². The number of likely N-dealkylation sites (tertiary alicyclic amines) is 1. The van der Waals surface area contributed by atoms with Crippen molar-refractivity contribution < 1.29 is 8.42 Å². The van der Waals surface area contributed by atoms with E-state index in [0.29, 0.717) is 17.4 Å². The first kappa shape index (κ1) is 18.3. The van der Waals surface area contributed by atoms with E-state index in [4.69, 9.17) is 0 Å². The van der Waals surface area contributed by atoms with Gasteiger partial charge < -0.3 is 9.88 Å². The Hall–Kier alpha value is -2.11. The fourth-order valence-electron chi connectivity index (χ4n) is 4.04. The first-order valence-electron chi connectivity index (χ1n) is 9.60. The molecule has 1 atom stereocenters. The Kier molecular flexibility index (Phi) is 5.06. The number of hydrogen-bond acceptors (Lipinski definition) is 3. The lowest BCUT2D eigenvalue weighted by molar-refractivity contribution is 0.310. The molecule has 3 aromatic rings. The Labute approximate surface area is 161 Å². The van der Waals surface area contributed by atoms with Gasteiger partial charge in [0.15, 0.2) is 9.84 Å². The fraction of sp³-hybridized carbons (Fsp3) is 0.364. The van der Waals surface area contributed by atoms with E-state index in [1.54, 1.807) is 24.3 Å².